The van der Waals surface area contributed by atoms with Gasteiger partial charge in [-0.05, 0) is 41.3 Å². The highest BCUT2D eigenvalue weighted by molar-refractivity contribution is 5.82. The van der Waals surface area contributed by atoms with Crippen LogP contribution < -0.4 is 4.74 Å². The van der Waals surface area contributed by atoms with E-state index in [2.05, 4.69) is 0 Å². The Bertz CT molecular complexity index is 1150. The SMILES string of the molecule is Cc1ccccc1OC(=O)C1CC2(O)c3ccccc3C1(O)c1cccc(O)c12. The van der Waals surface area contributed by atoms with E-state index in [1.165, 1.54) is 6.07 Å². The van der Waals surface area contributed by atoms with Crippen LogP contribution in [0.4, 0.5) is 0 Å². The third kappa shape index (κ3) is 2.26. The summed E-state index contributed by atoms with van der Waals surface area (Å²) in [5.41, 5.74) is -0.981. The van der Waals surface area contributed by atoms with Crippen molar-refractivity contribution in [1.29, 1.82) is 0 Å². The summed E-state index contributed by atoms with van der Waals surface area (Å²) in [4.78, 5) is 13.2. The molecule has 5 heteroatoms. The number of benzene rings is 3. The number of rotatable bonds is 2. The minimum atomic E-state index is -1.71. The Balaban J connectivity index is 1.69. The van der Waals surface area contributed by atoms with Gasteiger partial charge in [0.2, 0.25) is 0 Å². The van der Waals surface area contributed by atoms with Gasteiger partial charge in [-0.2, -0.15) is 0 Å². The lowest BCUT2D eigenvalue weighted by molar-refractivity contribution is -0.157. The smallest absolute Gasteiger partial charge is 0.318 e. The van der Waals surface area contributed by atoms with Gasteiger partial charge in [-0.25, -0.2) is 0 Å². The number of aliphatic hydroxyl groups is 2. The molecule has 5 nitrogen and oxygen atoms in total. The number of carbonyl (C=O) groups excluding carboxylic acids is 1. The molecule has 3 unspecified atom stereocenters. The van der Waals surface area contributed by atoms with Crippen LogP contribution >= 0.6 is 0 Å². The van der Waals surface area contributed by atoms with E-state index in [9.17, 15) is 20.1 Å². The molecule has 6 rings (SSSR count). The van der Waals surface area contributed by atoms with Crippen LogP contribution in [0, 0.1) is 12.8 Å². The first-order valence-corrected chi connectivity index (χ1v) is 9.52. The van der Waals surface area contributed by atoms with Crippen molar-refractivity contribution in [2.75, 3.05) is 0 Å². The first kappa shape index (κ1) is 17.9. The molecule has 0 radical (unpaired) electrons. The van der Waals surface area contributed by atoms with E-state index in [1.807, 2.05) is 19.1 Å². The van der Waals surface area contributed by atoms with E-state index in [0.717, 1.165) is 5.56 Å². The maximum atomic E-state index is 13.2. The molecule has 3 aliphatic carbocycles. The molecule has 0 amide bonds. The third-order valence-electron chi connectivity index (χ3n) is 6.24. The number of phenols is 1. The number of hydrogen-bond donors (Lipinski definition) is 3. The van der Waals surface area contributed by atoms with Crippen molar-refractivity contribution in [1.82, 2.24) is 0 Å². The fourth-order valence-electron chi connectivity index (χ4n) is 4.88. The summed E-state index contributed by atoms with van der Waals surface area (Å²) in [6, 6.07) is 18.8. The molecule has 0 heterocycles. The fraction of sp³-hybridized carbons (Fsp3) is 0.208. The van der Waals surface area contributed by atoms with Gasteiger partial charge in [0.15, 0.2) is 0 Å². The lowest BCUT2D eigenvalue weighted by atomic mass is 9.54. The zero-order valence-electron chi connectivity index (χ0n) is 15.8. The monoisotopic (exact) mass is 388 g/mol. The highest BCUT2D eigenvalue weighted by Crippen LogP contribution is 2.61. The number of aryl methyl sites for hydroxylation is 1. The molecular weight excluding hydrogens is 368 g/mol. The number of esters is 1. The van der Waals surface area contributed by atoms with Crippen LogP contribution in [-0.2, 0) is 16.0 Å². The van der Waals surface area contributed by atoms with Crippen molar-refractivity contribution < 1.29 is 24.9 Å². The Morgan fingerprint density at radius 2 is 1.59 bits per heavy atom. The van der Waals surface area contributed by atoms with E-state index in [4.69, 9.17) is 4.74 Å². The first-order chi connectivity index (χ1) is 13.9. The van der Waals surface area contributed by atoms with Crippen molar-refractivity contribution in [2.45, 2.75) is 24.5 Å². The van der Waals surface area contributed by atoms with Gasteiger partial charge in [0.1, 0.15) is 22.7 Å². The van der Waals surface area contributed by atoms with E-state index < -0.39 is 23.1 Å². The molecule has 3 N–H and O–H groups in total. The highest BCUT2D eigenvalue weighted by atomic mass is 16.5. The molecule has 0 spiro atoms. The van der Waals surface area contributed by atoms with E-state index in [1.54, 1.807) is 48.5 Å². The van der Waals surface area contributed by atoms with Crippen LogP contribution in [0.2, 0.25) is 0 Å². The normalized spacial score (nSPS) is 26.5. The van der Waals surface area contributed by atoms with Crippen molar-refractivity contribution >= 4 is 5.97 Å². The molecule has 3 atom stereocenters. The molecule has 0 saturated carbocycles. The predicted octanol–water partition coefficient (Wildman–Crippen LogP) is 3.11. The van der Waals surface area contributed by atoms with Crippen molar-refractivity contribution in [3.8, 4) is 11.5 Å². The van der Waals surface area contributed by atoms with Crippen molar-refractivity contribution in [2.24, 2.45) is 5.92 Å². The van der Waals surface area contributed by atoms with E-state index in [0.29, 0.717) is 22.4 Å². The Hall–Kier alpha value is -3.15. The number of ether oxygens (including phenoxy) is 1. The molecule has 3 aliphatic rings. The maximum Gasteiger partial charge on any atom is 0.318 e. The molecule has 0 fully saturated rings. The van der Waals surface area contributed by atoms with E-state index in [-0.39, 0.29) is 17.7 Å². The first-order valence-electron chi connectivity index (χ1n) is 9.52. The van der Waals surface area contributed by atoms with Crippen LogP contribution in [0.1, 0.15) is 34.2 Å². The highest BCUT2D eigenvalue weighted by Gasteiger charge is 2.63. The predicted molar refractivity (Wildman–Crippen MR) is 105 cm³/mol. The molecule has 0 aromatic heterocycles. The quantitative estimate of drug-likeness (QED) is 0.464. The molecule has 3 aromatic rings. The van der Waals surface area contributed by atoms with Gasteiger partial charge in [0, 0.05) is 12.0 Å². The number of carbonyl (C=O) groups is 1. The standard InChI is InChI=1S/C24H20O5/c1-14-7-2-5-12-20(14)29-22(26)18-13-23(27)15-8-3-4-9-16(15)24(18,28)17-10-6-11-19(25)21(17)23/h2-12,18,25,27-28H,13H2,1H3. The Labute approximate surface area is 167 Å². The van der Waals surface area contributed by atoms with Gasteiger partial charge in [-0.3, -0.25) is 4.79 Å². The lowest BCUT2D eigenvalue weighted by Crippen LogP contribution is -2.57. The number of aromatic hydroxyl groups is 1. The largest absolute Gasteiger partial charge is 0.508 e. The topological polar surface area (TPSA) is 87.0 Å². The number of fused-ring (bicyclic) bond motifs is 1. The van der Waals surface area contributed by atoms with Crippen LogP contribution in [0.5, 0.6) is 11.5 Å². The second kappa shape index (κ2) is 5.92. The number of para-hydroxylation sites is 1. The molecular formula is C24H20O5. The van der Waals surface area contributed by atoms with Gasteiger partial charge in [-0.15, -0.1) is 0 Å². The molecule has 0 aliphatic heterocycles. The average Bonchev–Trinajstić information content (AvgIpc) is 2.71. The summed E-state index contributed by atoms with van der Waals surface area (Å²) in [6.07, 6.45) is -0.0875. The van der Waals surface area contributed by atoms with Crippen LogP contribution in [0.25, 0.3) is 0 Å². The second-order valence-corrected chi connectivity index (χ2v) is 7.82. The Morgan fingerprint density at radius 3 is 2.34 bits per heavy atom. The molecule has 146 valence electrons. The van der Waals surface area contributed by atoms with Crippen LogP contribution in [0.3, 0.4) is 0 Å². The van der Waals surface area contributed by atoms with Crippen LogP contribution in [0.15, 0.2) is 66.7 Å². The summed E-state index contributed by atoms with van der Waals surface area (Å²) in [7, 11) is 0. The lowest BCUT2D eigenvalue weighted by Gasteiger charge is -2.53. The van der Waals surface area contributed by atoms with Gasteiger partial charge in [-0.1, -0.05) is 54.6 Å². The molecule has 0 saturated heterocycles. The summed E-state index contributed by atoms with van der Waals surface area (Å²) < 4.78 is 5.64. The Kier molecular flexibility index (Phi) is 3.66. The minimum absolute atomic E-state index is 0.0875. The maximum absolute atomic E-state index is 13.2. The number of hydrogen-bond acceptors (Lipinski definition) is 5. The van der Waals surface area contributed by atoms with Gasteiger partial charge in [0.25, 0.3) is 0 Å². The van der Waals surface area contributed by atoms with Crippen molar-refractivity contribution in [3.05, 3.63) is 94.5 Å². The number of phenolic OH excluding ortho intramolecular Hbond substituents is 1. The summed E-state index contributed by atoms with van der Waals surface area (Å²) >= 11 is 0. The minimum Gasteiger partial charge on any atom is -0.508 e. The molecule has 2 bridgehead atoms. The van der Waals surface area contributed by atoms with Gasteiger partial charge in [0.05, 0.1) is 5.92 Å². The zero-order chi connectivity index (χ0) is 20.4. The summed E-state index contributed by atoms with van der Waals surface area (Å²) in [5.74, 6) is -1.34. The van der Waals surface area contributed by atoms with Gasteiger partial charge < -0.3 is 20.1 Å². The van der Waals surface area contributed by atoms with Gasteiger partial charge >= 0.3 is 5.97 Å². The molecule has 29 heavy (non-hydrogen) atoms. The molecule has 3 aromatic carbocycles. The summed E-state index contributed by atoms with van der Waals surface area (Å²) in [6.45, 7) is 1.83. The second-order valence-electron chi connectivity index (χ2n) is 7.82. The fourth-order valence-corrected chi connectivity index (χ4v) is 4.88. The average molecular weight is 388 g/mol. The zero-order valence-corrected chi connectivity index (χ0v) is 15.8. The van der Waals surface area contributed by atoms with Crippen LogP contribution in [-0.4, -0.2) is 21.3 Å². The van der Waals surface area contributed by atoms with Crippen molar-refractivity contribution in [3.63, 3.8) is 0 Å². The Morgan fingerprint density at radius 1 is 0.931 bits per heavy atom. The van der Waals surface area contributed by atoms with E-state index >= 15 is 0 Å². The summed E-state index contributed by atoms with van der Waals surface area (Å²) in [5, 5.41) is 34.1. The third-order valence-corrected chi connectivity index (χ3v) is 6.24.